The molecule has 0 aliphatic heterocycles. The van der Waals surface area contributed by atoms with Gasteiger partial charge in [-0.1, -0.05) is 206 Å². The van der Waals surface area contributed by atoms with Crippen molar-refractivity contribution in [2.45, 2.75) is 0 Å². The third-order valence-corrected chi connectivity index (χ3v) is 12.8. The molecule has 12 rings (SSSR count). The van der Waals surface area contributed by atoms with Crippen LogP contribution in [-0.2, 0) is 0 Å². The van der Waals surface area contributed by atoms with E-state index in [4.69, 9.17) is 0 Å². The van der Waals surface area contributed by atoms with Gasteiger partial charge < -0.3 is 0 Å². The van der Waals surface area contributed by atoms with E-state index >= 15 is 0 Å². The van der Waals surface area contributed by atoms with E-state index in [2.05, 4.69) is 243 Å². The molecule has 0 heterocycles. The second-order valence-corrected chi connectivity index (χ2v) is 16.4. The third kappa shape index (κ3) is 6.24. The van der Waals surface area contributed by atoms with E-state index in [0.717, 1.165) is 0 Å². The molecule has 0 N–H and O–H groups in total. The molecule has 0 fully saturated rings. The van der Waals surface area contributed by atoms with Crippen LogP contribution in [0.4, 0.5) is 0 Å². The van der Waals surface area contributed by atoms with Crippen molar-refractivity contribution in [1.82, 2.24) is 0 Å². The number of hydrogen-bond acceptors (Lipinski definition) is 0. The van der Waals surface area contributed by atoms with Crippen LogP contribution in [0.1, 0.15) is 0 Å². The Morgan fingerprint density at radius 1 is 0.161 bits per heavy atom. The quantitative estimate of drug-likeness (QED) is 0.147. The van der Waals surface area contributed by atoms with Gasteiger partial charge in [0.15, 0.2) is 0 Å². The molecule has 0 nitrogen and oxygen atoms in total. The molecule has 0 unspecified atom stereocenters. The van der Waals surface area contributed by atoms with E-state index in [1.54, 1.807) is 0 Å². The molecule has 62 heavy (non-hydrogen) atoms. The molecule has 0 spiro atoms. The van der Waals surface area contributed by atoms with Crippen molar-refractivity contribution in [3.63, 3.8) is 0 Å². The Kier molecular flexibility index (Phi) is 8.61. The number of hydrogen-bond donors (Lipinski definition) is 0. The number of fused-ring (bicyclic) bond motifs is 5. The minimum absolute atomic E-state index is 1.19. The van der Waals surface area contributed by atoms with Gasteiger partial charge in [-0.15, -0.1) is 0 Å². The van der Waals surface area contributed by atoms with Crippen LogP contribution in [0.3, 0.4) is 0 Å². The van der Waals surface area contributed by atoms with Crippen molar-refractivity contribution in [3.05, 3.63) is 243 Å². The lowest BCUT2D eigenvalue weighted by atomic mass is 9.85. The van der Waals surface area contributed by atoms with Crippen LogP contribution in [0.15, 0.2) is 243 Å². The molecule has 0 saturated carbocycles. The van der Waals surface area contributed by atoms with Crippen molar-refractivity contribution < 1.29 is 0 Å². The van der Waals surface area contributed by atoms with Gasteiger partial charge >= 0.3 is 0 Å². The van der Waals surface area contributed by atoms with Gasteiger partial charge in [0.25, 0.3) is 0 Å². The van der Waals surface area contributed by atoms with Crippen LogP contribution in [-0.4, -0.2) is 0 Å². The zero-order valence-electron chi connectivity index (χ0n) is 34.1. The summed E-state index contributed by atoms with van der Waals surface area (Å²) in [5.41, 5.74) is 14.7. The monoisotopic (exact) mass is 784 g/mol. The van der Waals surface area contributed by atoms with E-state index < -0.39 is 0 Å². The first-order valence-corrected chi connectivity index (χ1v) is 21.5. The van der Waals surface area contributed by atoms with Gasteiger partial charge in [-0.25, -0.2) is 0 Å². The molecular formula is C62H40. The van der Waals surface area contributed by atoms with Crippen LogP contribution < -0.4 is 0 Å². The molecule has 0 atom stereocenters. The maximum absolute atomic E-state index is 2.41. The Hall–Kier alpha value is -8.06. The first-order chi connectivity index (χ1) is 30.7. The second kappa shape index (κ2) is 14.9. The molecule has 288 valence electrons. The summed E-state index contributed by atoms with van der Waals surface area (Å²) in [5.74, 6) is 0. The molecule has 0 aromatic heterocycles. The first kappa shape index (κ1) is 35.8. The molecule has 12 aromatic rings. The fourth-order valence-corrected chi connectivity index (χ4v) is 9.74. The summed E-state index contributed by atoms with van der Waals surface area (Å²) in [6.45, 7) is 0. The summed E-state index contributed by atoms with van der Waals surface area (Å²) in [7, 11) is 0. The molecule has 0 bridgehead atoms. The van der Waals surface area contributed by atoms with Crippen molar-refractivity contribution in [2.75, 3.05) is 0 Å². The van der Waals surface area contributed by atoms with Gasteiger partial charge in [0, 0.05) is 0 Å². The van der Waals surface area contributed by atoms with Gasteiger partial charge in [-0.2, -0.15) is 0 Å². The average Bonchev–Trinajstić information content (AvgIpc) is 3.35. The zero-order valence-corrected chi connectivity index (χ0v) is 34.1. The number of benzene rings is 12. The van der Waals surface area contributed by atoms with Crippen molar-refractivity contribution in [2.24, 2.45) is 0 Å². The lowest BCUT2D eigenvalue weighted by Crippen LogP contribution is -1.91. The average molecular weight is 785 g/mol. The van der Waals surface area contributed by atoms with Gasteiger partial charge in [0.05, 0.1) is 0 Å². The minimum atomic E-state index is 1.19. The molecule has 0 saturated heterocycles. The zero-order chi connectivity index (χ0) is 41.0. The van der Waals surface area contributed by atoms with Gasteiger partial charge in [-0.05, 0) is 157 Å². The largest absolute Gasteiger partial charge is 0.0622 e. The fraction of sp³-hybridized carbons (Fsp3) is 0. The highest BCUT2D eigenvalue weighted by Crippen LogP contribution is 2.45. The maximum Gasteiger partial charge on any atom is -0.00261 e. The predicted molar refractivity (Wildman–Crippen MR) is 267 cm³/mol. The van der Waals surface area contributed by atoms with Crippen LogP contribution in [0.2, 0.25) is 0 Å². The Balaban J connectivity index is 0.979. The van der Waals surface area contributed by atoms with E-state index in [0.29, 0.717) is 0 Å². The highest BCUT2D eigenvalue weighted by atomic mass is 14.2. The summed E-state index contributed by atoms with van der Waals surface area (Å²) in [6, 6.07) is 89.5. The molecule has 0 amide bonds. The Bertz CT molecular complexity index is 3510. The molecular weight excluding hydrogens is 745 g/mol. The SMILES string of the molecule is c1ccc(-c2c3ccccc3c(-c3ccc4cccc(-c5ccc(-c6cc(-c7ccc8ccccc8c7)cc(-c7ccc8ccccc8c7)c6)cc5)c4c3)c3ccccc23)cc1. The Labute approximate surface area is 361 Å². The van der Waals surface area contributed by atoms with Crippen molar-refractivity contribution >= 4 is 53.9 Å². The van der Waals surface area contributed by atoms with E-state index in [1.165, 1.54) is 121 Å². The molecule has 12 aromatic carbocycles. The van der Waals surface area contributed by atoms with E-state index in [-0.39, 0.29) is 0 Å². The van der Waals surface area contributed by atoms with Crippen molar-refractivity contribution in [1.29, 1.82) is 0 Å². The molecule has 0 radical (unpaired) electrons. The molecule has 0 heteroatoms. The van der Waals surface area contributed by atoms with Crippen LogP contribution in [0.5, 0.6) is 0 Å². The molecule has 0 aliphatic carbocycles. The fourth-order valence-electron chi connectivity index (χ4n) is 9.74. The first-order valence-electron chi connectivity index (χ1n) is 21.5. The lowest BCUT2D eigenvalue weighted by molar-refractivity contribution is 1.57. The smallest absolute Gasteiger partial charge is 0.00261 e. The normalized spacial score (nSPS) is 11.5. The van der Waals surface area contributed by atoms with Crippen LogP contribution in [0, 0.1) is 0 Å². The van der Waals surface area contributed by atoms with Gasteiger partial charge in [-0.3, -0.25) is 0 Å². The summed E-state index contributed by atoms with van der Waals surface area (Å²) >= 11 is 0. The van der Waals surface area contributed by atoms with E-state index in [9.17, 15) is 0 Å². The summed E-state index contributed by atoms with van der Waals surface area (Å²) in [6.07, 6.45) is 0. The Morgan fingerprint density at radius 2 is 0.565 bits per heavy atom. The van der Waals surface area contributed by atoms with E-state index in [1.807, 2.05) is 0 Å². The Morgan fingerprint density at radius 3 is 1.13 bits per heavy atom. The summed E-state index contributed by atoms with van der Waals surface area (Å²) in [5, 5.41) is 12.5. The predicted octanol–water partition coefficient (Wildman–Crippen LogP) is 17.5. The van der Waals surface area contributed by atoms with Crippen LogP contribution in [0.25, 0.3) is 121 Å². The van der Waals surface area contributed by atoms with Crippen molar-refractivity contribution in [3.8, 4) is 66.8 Å². The van der Waals surface area contributed by atoms with Gasteiger partial charge in [0.1, 0.15) is 0 Å². The topological polar surface area (TPSA) is 0 Å². The third-order valence-electron chi connectivity index (χ3n) is 12.8. The summed E-state index contributed by atoms with van der Waals surface area (Å²) in [4.78, 5) is 0. The number of rotatable bonds is 6. The highest BCUT2D eigenvalue weighted by molar-refractivity contribution is 6.22. The standard InChI is InChI=1S/C62H40/c1-2-15-46(16-3-1)61-56-20-8-10-22-58(56)62(59-23-11-9-21-57(59)61)51-34-31-44-19-12-24-55(60(44)40-51)45-29-25-43(26-30-45)52-37-53(49-32-27-41-13-4-6-17-47(41)35-49)39-54(38-52)50-33-28-42-14-5-7-18-48(42)36-50/h1-40H. The second-order valence-electron chi connectivity index (χ2n) is 16.4. The van der Waals surface area contributed by atoms with Gasteiger partial charge in [0.2, 0.25) is 0 Å². The van der Waals surface area contributed by atoms with Crippen LogP contribution >= 0.6 is 0 Å². The lowest BCUT2D eigenvalue weighted by Gasteiger charge is -2.18. The molecule has 0 aliphatic rings. The summed E-state index contributed by atoms with van der Waals surface area (Å²) < 4.78 is 0. The minimum Gasteiger partial charge on any atom is -0.0622 e. The highest BCUT2D eigenvalue weighted by Gasteiger charge is 2.17. The maximum atomic E-state index is 2.41.